The minimum atomic E-state index is -0.658. The number of hydrogen-bond acceptors (Lipinski definition) is 4. The highest BCUT2D eigenvalue weighted by atomic mass is 19.1. The molecule has 1 aromatic heterocycles. The van der Waals surface area contributed by atoms with Gasteiger partial charge in [0, 0.05) is 11.3 Å². The maximum atomic E-state index is 14.1. The highest BCUT2D eigenvalue weighted by Gasteiger charge is 2.36. The molecule has 7 heteroatoms. The van der Waals surface area contributed by atoms with Crippen LogP contribution in [0.2, 0.25) is 0 Å². The van der Waals surface area contributed by atoms with Gasteiger partial charge in [0.05, 0.1) is 17.3 Å². The summed E-state index contributed by atoms with van der Waals surface area (Å²) in [4.78, 5) is 19.5. The molecule has 0 bridgehead atoms. The molecular formula is C27H23FN4O2. The number of carbonyl (C=O) groups is 1. The number of rotatable bonds is 4. The molecule has 0 aliphatic carbocycles. The highest BCUT2D eigenvalue weighted by Crippen LogP contribution is 2.39. The summed E-state index contributed by atoms with van der Waals surface area (Å²) >= 11 is 0. The molecule has 0 radical (unpaired) electrons. The molecule has 170 valence electrons. The molecule has 0 saturated carbocycles. The van der Waals surface area contributed by atoms with E-state index in [0.717, 1.165) is 22.4 Å². The Hall–Kier alpha value is -4.26. The van der Waals surface area contributed by atoms with Crippen LogP contribution in [0, 0.1) is 19.7 Å². The van der Waals surface area contributed by atoms with Crippen LogP contribution in [0.15, 0.2) is 83.0 Å². The lowest BCUT2D eigenvalue weighted by atomic mass is 9.94. The first kappa shape index (κ1) is 21.6. The van der Waals surface area contributed by atoms with E-state index < -0.39 is 11.9 Å². The van der Waals surface area contributed by atoms with E-state index in [1.54, 1.807) is 17.0 Å². The van der Waals surface area contributed by atoms with Gasteiger partial charge in [0.15, 0.2) is 0 Å². The SMILES string of the molecule is CC1=C(c2nc(-c3ccccc3)no2)C(c2cccc(F)c2)NC(=O)N1c1cc(C)cc(C)c1. The third-order valence-corrected chi connectivity index (χ3v) is 5.82. The second-order valence-electron chi connectivity index (χ2n) is 8.41. The lowest BCUT2D eigenvalue weighted by Gasteiger charge is -2.35. The molecule has 1 atom stereocenters. The molecule has 1 aliphatic heterocycles. The van der Waals surface area contributed by atoms with Crippen molar-refractivity contribution >= 4 is 17.3 Å². The van der Waals surface area contributed by atoms with Gasteiger partial charge in [-0.3, -0.25) is 4.90 Å². The first-order valence-electron chi connectivity index (χ1n) is 11.0. The van der Waals surface area contributed by atoms with Crippen molar-refractivity contribution in [2.45, 2.75) is 26.8 Å². The monoisotopic (exact) mass is 454 g/mol. The predicted octanol–water partition coefficient (Wildman–Crippen LogP) is 6.19. The van der Waals surface area contributed by atoms with Crippen LogP contribution in [-0.2, 0) is 0 Å². The van der Waals surface area contributed by atoms with Crippen molar-refractivity contribution in [2.24, 2.45) is 0 Å². The molecule has 1 N–H and O–H groups in total. The first-order chi connectivity index (χ1) is 16.4. The van der Waals surface area contributed by atoms with Gasteiger partial charge in [0.2, 0.25) is 5.82 Å². The number of nitrogens with zero attached hydrogens (tertiary/aromatic N) is 3. The number of urea groups is 1. The Kier molecular flexibility index (Phi) is 5.45. The van der Waals surface area contributed by atoms with Crippen molar-refractivity contribution in [3.63, 3.8) is 0 Å². The number of benzene rings is 3. The van der Waals surface area contributed by atoms with Crippen LogP contribution in [-0.4, -0.2) is 16.2 Å². The molecule has 5 rings (SSSR count). The molecule has 0 fully saturated rings. The fourth-order valence-corrected chi connectivity index (χ4v) is 4.38. The van der Waals surface area contributed by atoms with E-state index in [1.165, 1.54) is 12.1 Å². The number of aromatic nitrogens is 2. The zero-order valence-corrected chi connectivity index (χ0v) is 19.0. The zero-order valence-electron chi connectivity index (χ0n) is 19.0. The Balaban J connectivity index is 1.68. The molecular weight excluding hydrogens is 431 g/mol. The van der Waals surface area contributed by atoms with Crippen LogP contribution in [0.25, 0.3) is 17.0 Å². The van der Waals surface area contributed by atoms with Crippen molar-refractivity contribution in [1.82, 2.24) is 15.5 Å². The predicted molar refractivity (Wildman–Crippen MR) is 128 cm³/mol. The van der Waals surface area contributed by atoms with Gasteiger partial charge in [-0.05, 0) is 61.7 Å². The number of anilines is 1. The summed E-state index contributed by atoms with van der Waals surface area (Å²) in [6, 6.07) is 20.6. The van der Waals surface area contributed by atoms with E-state index in [-0.39, 0.29) is 11.9 Å². The number of halogens is 1. The van der Waals surface area contributed by atoms with E-state index in [4.69, 9.17) is 4.52 Å². The van der Waals surface area contributed by atoms with Crippen molar-refractivity contribution in [3.05, 3.63) is 107 Å². The first-order valence-corrected chi connectivity index (χ1v) is 11.0. The molecule has 0 spiro atoms. The molecule has 34 heavy (non-hydrogen) atoms. The van der Waals surface area contributed by atoms with E-state index in [9.17, 15) is 9.18 Å². The maximum absolute atomic E-state index is 14.1. The summed E-state index contributed by atoms with van der Waals surface area (Å²) in [6.45, 7) is 5.81. The Bertz CT molecular complexity index is 1390. The molecule has 3 aromatic carbocycles. The lowest BCUT2D eigenvalue weighted by Crippen LogP contribution is -2.46. The minimum absolute atomic E-state index is 0.264. The summed E-state index contributed by atoms with van der Waals surface area (Å²) in [5, 5.41) is 7.17. The average molecular weight is 455 g/mol. The molecule has 2 amide bonds. The minimum Gasteiger partial charge on any atom is -0.334 e. The Morgan fingerprint density at radius 1 is 0.941 bits per heavy atom. The van der Waals surface area contributed by atoms with Gasteiger partial charge in [0.25, 0.3) is 5.89 Å². The second-order valence-corrected chi connectivity index (χ2v) is 8.41. The van der Waals surface area contributed by atoms with E-state index in [2.05, 4.69) is 15.5 Å². The number of nitrogens with one attached hydrogen (secondary N) is 1. The third kappa shape index (κ3) is 3.96. The van der Waals surface area contributed by atoms with Gasteiger partial charge >= 0.3 is 6.03 Å². The Morgan fingerprint density at radius 3 is 2.38 bits per heavy atom. The second kappa shape index (κ2) is 8.59. The van der Waals surface area contributed by atoms with E-state index in [1.807, 2.05) is 69.3 Å². The van der Waals surface area contributed by atoms with Crippen LogP contribution in [0.3, 0.4) is 0 Å². The third-order valence-electron chi connectivity index (χ3n) is 5.82. The van der Waals surface area contributed by atoms with E-state index >= 15 is 0 Å². The summed E-state index contributed by atoms with van der Waals surface area (Å²) in [5.74, 6) is 0.305. The quantitative estimate of drug-likeness (QED) is 0.399. The van der Waals surface area contributed by atoms with Gasteiger partial charge in [-0.1, -0.05) is 53.7 Å². The standard InChI is InChI=1S/C27H23FN4O2/c1-16-12-17(2)14-22(13-16)32-18(3)23(24(29-27(32)33)20-10-7-11-21(28)15-20)26-30-25(31-34-26)19-8-5-4-6-9-19/h4-15,24H,1-3H3,(H,29,33). The molecule has 4 aromatic rings. The van der Waals surface area contributed by atoms with Crippen LogP contribution < -0.4 is 10.2 Å². The fraction of sp³-hybridized carbons (Fsp3) is 0.148. The average Bonchev–Trinajstić information content (AvgIpc) is 3.28. The molecule has 1 aliphatic rings. The summed E-state index contributed by atoms with van der Waals surface area (Å²) in [6.07, 6.45) is 0. The van der Waals surface area contributed by atoms with Gasteiger partial charge in [-0.25, -0.2) is 9.18 Å². The van der Waals surface area contributed by atoms with Gasteiger partial charge in [-0.15, -0.1) is 0 Å². The zero-order chi connectivity index (χ0) is 23.8. The number of hydrogen-bond donors (Lipinski definition) is 1. The summed E-state index contributed by atoms with van der Waals surface area (Å²) < 4.78 is 19.8. The van der Waals surface area contributed by atoms with Crippen molar-refractivity contribution < 1.29 is 13.7 Å². The molecule has 2 heterocycles. The van der Waals surface area contributed by atoms with Crippen LogP contribution >= 0.6 is 0 Å². The van der Waals surface area contributed by atoms with Crippen LogP contribution in [0.1, 0.15) is 35.5 Å². The Labute approximate surface area is 196 Å². The van der Waals surface area contributed by atoms with E-state index in [0.29, 0.717) is 22.7 Å². The van der Waals surface area contributed by atoms with Gasteiger partial charge in [0.1, 0.15) is 5.82 Å². The molecule has 6 nitrogen and oxygen atoms in total. The molecule has 0 saturated heterocycles. The molecule has 1 unspecified atom stereocenters. The normalized spacial score (nSPS) is 16.1. The summed E-state index contributed by atoms with van der Waals surface area (Å²) in [5.41, 5.74) is 5.43. The van der Waals surface area contributed by atoms with Gasteiger partial charge in [-0.2, -0.15) is 4.98 Å². The van der Waals surface area contributed by atoms with Crippen LogP contribution in [0.5, 0.6) is 0 Å². The number of allylic oxidation sites excluding steroid dienone is 1. The lowest BCUT2D eigenvalue weighted by molar-refractivity contribution is 0.244. The largest absolute Gasteiger partial charge is 0.334 e. The fourth-order valence-electron chi connectivity index (χ4n) is 4.38. The van der Waals surface area contributed by atoms with Crippen molar-refractivity contribution in [1.29, 1.82) is 0 Å². The highest BCUT2D eigenvalue weighted by molar-refractivity contribution is 6.01. The van der Waals surface area contributed by atoms with Crippen molar-refractivity contribution in [2.75, 3.05) is 4.90 Å². The Morgan fingerprint density at radius 2 is 1.68 bits per heavy atom. The van der Waals surface area contributed by atoms with Crippen molar-refractivity contribution in [3.8, 4) is 11.4 Å². The van der Waals surface area contributed by atoms with Crippen LogP contribution in [0.4, 0.5) is 14.9 Å². The van der Waals surface area contributed by atoms with Gasteiger partial charge < -0.3 is 9.84 Å². The summed E-state index contributed by atoms with van der Waals surface area (Å²) in [7, 11) is 0. The topological polar surface area (TPSA) is 71.3 Å². The number of aryl methyl sites for hydroxylation is 2. The smallest absolute Gasteiger partial charge is 0.326 e. The number of amides is 2. The number of carbonyl (C=O) groups excluding carboxylic acids is 1. The maximum Gasteiger partial charge on any atom is 0.326 e.